The van der Waals surface area contributed by atoms with Crippen LogP contribution >= 0.6 is 11.3 Å². The first kappa shape index (κ1) is 16.9. The van der Waals surface area contributed by atoms with Gasteiger partial charge < -0.3 is 15.0 Å². The van der Waals surface area contributed by atoms with E-state index in [9.17, 15) is 4.79 Å². The summed E-state index contributed by atoms with van der Waals surface area (Å²) in [5.41, 5.74) is 2.65. The van der Waals surface area contributed by atoms with Crippen LogP contribution in [-0.4, -0.2) is 30.6 Å². The van der Waals surface area contributed by atoms with Crippen LogP contribution in [0.5, 0.6) is 0 Å². The number of aryl methyl sites for hydroxylation is 1. The first-order chi connectivity index (χ1) is 11.7. The summed E-state index contributed by atoms with van der Waals surface area (Å²) in [5, 5.41) is 3.90. The summed E-state index contributed by atoms with van der Waals surface area (Å²) in [7, 11) is 0. The lowest BCUT2D eigenvalue weighted by molar-refractivity contribution is 0.101. The predicted octanol–water partition coefficient (Wildman–Crippen LogP) is 3.84. The maximum absolute atomic E-state index is 12.7. The number of nitrogens with zero attached hydrogens (tertiary/aromatic N) is 2. The van der Waals surface area contributed by atoms with Crippen LogP contribution in [0.25, 0.3) is 0 Å². The molecule has 0 radical (unpaired) electrons. The number of anilines is 2. The maximum atomic E-state index is 12.7. The standard InChI is InChI=1S/C18H23N3O2S/c1-3-23-12-15-16(24-18(20-15)21-9-4-5-10-21)17(22)19-14-8-6-7-13(2)11-14/h6-8,11H,3-5,9-10,12H2,1-2H3,(H,19,22). The van der Waals surface area contributed by atoms with Crippen molar-refractivity contribution in [1.29, 1.82) is 0 Å². The summed E-state index contributed by atoms with van der Waals surface area (Å²) in [5.74, 6) is -0.113. The molecule has 0 saturated carbocycles. The molecule has 1 N–H and O–H groups in total. The molecular formula is C18H23N3O2S. The molecule has 0 spiro atoms. The number of nitrogens with one attached hydrogen (secondary N) is 1. The van der Waals surface area contributed by atoms with Gasteiger partial charge in [0.25, 0.3) is 5.91 Å². The third-order valence-electron chi connectivity index (χ3n) is 3.99. The Morgan fingerprint density at radius 3 is 2.88 bits per heavy atom. The molecule has 1 fully saturated rings. The number of benzene rings is 1. The first-order valence-corrected chi connectivity index (χ1v) is 9.19. The van der Waals surface area contributed by atoms with Crippen molar-refractivity contribution in [1.82, 2.24) is 4.98 Å². The van der Waals surface area contributed by atoms with Crippen LogP contribution in [0.3, 0.4) is 0 Å². The van der Waals surface area contributed by atoms with Crippen molar-refractivity contribution < 1.29 is 9.53 Å². The Bertz CT molecular complexity index is 708. The monoisotopic (exact) mass is 345 g/mol. The van der Waals surface area contributed by atoms with Crippen molar-refractivity contribution in [3.8, 4) is 0 Å². The van der Waals surface area contributed by atoms with Gasteiger partial charge in [0.15, 0.2) is 5.13 Å². The van der Waals surface area contributed by atoms with Gasteiger partial charge in [0.2, 0.25) is 0 Å². The van der Waals surface area contributed by atoms with Gasteiger partial charge in [-0.1, -0.05) is 23.5 Å². The van der Waals surface area contributed by atoms with Gasteiger partial charge in [-0.3, -0.25) is 4.79 Å². The number of amides is 1. The molecule has 0 aliphatic carbocycles. The molecule has 128 valence electrons. The van der Waals surface area contributed by atoms with Crippen molar-refractivity contribution in [2.24, 2.45) is 0 Å². The Kier molecular flexibility index (Phi) is 5.48. The minimum absolute atomic E-state index is 0.113. The van der Waals surface area contributed by atoms with Gasteiger partial charge in [0.1, 0.15) is 4.88 Å². The van der Waals surface area contributed by atoms with Crippen LogP contribution < -0.4 is 10.2 Å². The summed E-state index contributed by atoms with van der Waals surface area (Å²) in [6, 6.07) is 7.81. The molecule has 1 aromatic carbocycles. The molecule has 2 heterocycles. The molecule has 1 saturated heterocycles. The van der Waals surface area contributed by atoms with Gasteiger partial charge >= 0.3 is 0 Å². The molecule has 1 aromatic heterocycles. The molecule has 24 heavy (non-hydrogen) atoms. The Hall–Kier alpha value is -1.92. The largest absolute Gasteiger partial charge is 0.375 e. The molecule has 1 aliphatic heterocycles. The summed E-state index contributed by atoms with van der Waals surface area (Å²) >= 11 is 1.46. The van der Waals surface area contributed by atoms with Crippen LogP contribution in [0.4, 0.5) is 10.8 Å². The second-order valence-corrected chi connectivity index (χ2v) is 6.90. The van der Waals surface area contributed by atoms with Crippen molar-refractivity contribution in [3.05, 3.63) is 40.4 Å². The highest BCUT2D eigenvalue weighted by atomic mass is 32.1. The lowest BCUT2D eigenvalue weighted by Gasteiger charge is -2.12. The van der Waals surface area contributed by atoms with E-state index in [1.165, 1.54) is 24.2 Å². The number of hydrogen-bond donors (Lipinski definition) is 1. The summed E-state index contributed by atoms with van der Waals surface area (Å²) in [6.45, 7) is 6.96. The molecular weight excluding hydrogens is 322 g/mol. The Balaban J connectivity index is 1.82. The van der Waals surface area contributed by atoms with E-state index in [0.29, 0.717) is 18.1 Å². The number of rotatable bonds is 6. The third kappa shape index (κ3) is 3.94. The highest BCUT2D eigenvalue weighted by Crippen LogP contribution is 2.30. The van der Waals surface area contributed by atoms with E-state index in [4.69, 9.17) is 4.74 Å². The van der Waals surface area contributed by atoms with Crippen molar-refractivity contribution in [3.63, 3.8) is 0 Å². The Morgan fingerprint density at radius 1 is 1.38 bits per heavy atom. The topological polar surface area (TPSA) is 54.5 Å². The molecule has 0 atom stereocenters. The predicted molar refractivity (Wildman–Crippen MR) is 98.0 cm³/mol. The lowest BCUT2D eigenvalue weighted by atomic mass is 10.2. The fraction of sp³-hybridized carbons (Fsp3) is 0.444. The van der Waals surface area contributed by atoms with Gasteiger partial charge in [0, 0.05) is 25.4 Å². The van der Waals surface area contributed by atoms with Crippen molar-refractivity contribution in [2.75, 3.05) is 29.9 Å². The van der Waals surface area contributed by atoms with E-state index in [1.807, 2.05) is 38.1 Å². The van der Waals surface area contributed by atoms with E-state index in [2.05, 4.69) is 15.2 Å². The van der Waals surface area contributed by atoms with Gasteiger partial charge in [-0.25, -0.2) is 4.98 Å². The molecule has 2 aromatic rings. The fourth-order valence-electron chi connectivity index (χ4n) is 2.77. The SMILES string of the molecule is CCOCc1nc(N2CCCC2)sc1C(=O)Nc1cccc(C)c1. The highest BCUT2D eigenvalue weighted by Gasteiger charge is 2.23. The Morgan fingerprint density at radius 2 is 2.17 bits per heavy atom. The minimum Gasteiger partial charge on any atom is -0.375 e. The van der Waals surface area contributed by atoms with Crippen LogP contribution in [0.15, 0.2) is 24.3 Å². The van der Waals surface area contributed by atoms with E-state index >= 15 is 0 Å². The zero-order valence-electron chi connectivity index (χ0n) is 14.2. The van der Waals surface area contributed by atoms with Crippen LogP contribution in [0.2, 0.25) is 0 Å². The summed E-state index contributed by atoms with van der Waals surface area (Å²) in [6.07, 6.45) is 2.37. The zero-order valence-corrected chi connectivity index (χ0v) is 15.0. The molecule has 3 rings (SSSR count). The lowest BCUT2D eigenvalue weighted by Crippen LogP contribution is -2.17. The fourth-order valence-corrected chi connectivity index (χ4v) is 3.78. The second-order valence-electron chi connectivity index (χ2n) is 5.93. The zero-order chi connectivity index (χ0) is 16.9. The van der Waals surface area contributed by atoms with Gasteiger partial charge in [-0.05, 0) is 44.4 Å². The number of thiazole rings is 1. The smallest absolute Gasteiger partial charge is 0.267 e. The van der Waals surface area contributed by atoms with E-state index in [1.54, 1.807) is 0 Å². The minimum atomic E-state index is -0.113. The molecule has 1 aliphatic rings. The summed E-state index contributed by atoms with van der Waals surface area (Å²) in [4.78, 5) is 20.3. The number of carbonyl (C=O) groups is 1. The molecule has 1 amide bonds. The van der Waals surface area contributed by atoms with Crippen LogP contribution in [-0.2, 0) is 11.3 Å². The second kappa shape index (κ2) is 7.77. The maximum Gasteiger partial charge on any atom is 0.267 e. The van der Waals surface area contributed by atoms with Crippen molar-refractivity contribution in [2.45, 2.75) is 33.3 Å². The number of hydrogen-bond acceptors (Lipinski definition) is 5. The molecule has 0 bridgehead atoms. The van der Waals surface area contributed by atoms with Crippen LogP contribution in [0.1, 0.15) is 40.7 Å². The van der Waals surface area contributed by atoms with Crippen molar-refractivity contribution >= 4 is 28.1 Å². The number of ether oxygens (including phenoxy) is 1. The average molecular weight is 345 g/mol. The third-order valence-corrected chi connectivity index (χ3v) is 5.14. The normalized spacial score (nSPS) is 14.2. The first-order valence-electron chi connectivity index (χ1n) is 8.38. The van der Waals surface area contributed by atoms with E-state index in [-0.39, 0.29) is 5.91 Å². The number of aromatic nitrogens is 1. The number of carbonyl (C=O) groups excluding carboxylic acids is 1. The quantitative estimate of drug-likeness (QED) is 0.864. The molecule has 6 heteroatoms. The summed E-state index contributed by atoms with van der Waals surface area (Å²) < 4.78 is 5.50. The highest BCUT2D eigenvalue weighted by molar-refractivity contribution is 7.17. The van der Waals surface area contributed by atoms with Gasteiger partial charge in [-0.2, -0.15) is 0 Å². The van der Waals surface area contributed by atoms with Gasteiger partial charge in [0.05, 0.1) is 12.3 Å². The molecule has 5 nitrogen and oxygen atoms in total. The Labute approximate surface area is 146 Å². The van der Waals surface area contributed by atoms with Crippen LogP contribution in [0, 0.1) is 6.92 Å². The average Bonchev–Trinajstić information content (AvgIpc) is 3.22. The van der Waals surface area contributed by atoms with E-state index < -0.39 is 0 Å². The van der Waals surface area contributed by atoms with E-state index in [0.717, 1.165) is 35.2 Å². The molecule has 0 unspecified atom stereocenters. The van der Waals surface area contributed by atoms with Gasteiger partial charge in [-0.15, -0.1) is 0 Å².